The lowest BCUT2D eigenvalue weighted by molar-refractivity contribution is -0.145. The quantitative estimate of drug-likeness (QED) is 0.132. The van der Waals surface area contributed by atoms with Crippen molar-refractivity contribution in [1.29, 1.82) is 0 Å². The van der Waals surface area contributed by atoms with E-state index in [4.69, 9.17) is 4.74 Å². The number of ether oxygens (including phenoxy) is 2. The molecule has 1 unspecified atom stereocenters. The smallest absolute Gasteiger partial charge is 0.345 e. The molecule has 1 fully saturated rings. The van der Waals surface area contributed by atoms with Gasteiger partial charge < -0.3 is 25.2 Å². The molecule has 2 aromatic carbocycles. The molecule has 2 atom stereocenters. The van der Waals surface area contributed by atoms with Crippen molar-refractivity contribution in [3.05, 3.63) is 58.9 Å². The molecule has 1 aliphatic rings. The minimum absolute atomic E-state index is 0.107. The second kappa shape index (κ2) is 14.6. The number of nitrogens with one attached hydrogen (secondary N) is 3. The average Bonchev–Trinajstić information content (AvgIpc) is 3.22. The maximum absolute atomic E-state index is 14.9. The first-order valence-electron chi connectivity index (χ1n) is 13.5. The van der Waals surface area contributed by atoms with Crippen LogP contribution in [0, 0.1) is 5.82 Å². The number of carbonyl (C=O) groups is 4. The predicted molar refractivity (Wildman–Crippen MR) is 153 cm³/mol. The summed E-state index contributed by atoms with van der Waals surface area (Å²) in [6.45, 7) is 0.655. The fourth-order valence-electron chi connectivity index (χ4n) is 4.41. The number of amides is 3. The van der Waals surface area contributed by atoms with Crippen LogP contribution in [0.5, 0.6) is 11.5 Å². The van der Waals surface area contributed by atoms with Crippen LogP contribution in [0.2, 0.25) is 0 Å². The number of hydrogen-bond acceptors (Lipinski definition) is 9. The molecule has 242 valence electrons. The summed E-state index contributed by atoms with van der Waals surface area (Å²) >= 11 is 0. The predicted octanol–water partition coefficient (Wildman–Crippen LogP) is 3.59. The van der Waals surface area contributed by atoms with Gasteiger partial charge in [-0.15, -0.1) is 10.8 Å². The molecule has 6 N–H and O–H groups in total. The van der Waals surface area contributed by atoms with Crippen molar-refractivity contribution in [2.24, 2.45) is 0 Å². The van der Waals surface area contributed by atoms with Gasteiger partial charge in [0.25, 0.3) is 5.91 Å². The Bertz CT molecular complexity index is 1390. The number of benzene rings is 2. The number of phenols is 1. The molecule has 0 aromatic heterocycles. The number of carbonyl (C=O) groups excluding carboxylic acids is 4. The Morgan fingerprint density at radius 2 is 1.89 bits per heavy atom. The second-order valence-corrected chi connectivity index (χ2v) is 12.1. The van der Waals surface area contributed by atoms with Crippen molar-refractivity contribution in [2.75, 3.05) is 20.3 Å². The molecule has 3 rings (SSSR count). The lowest BCUT2D eigenvalue weighted by Crippen LogP contribution is -2.52. The third kappa shape index (κ3) is 9.00. The minimum Gasteiger partial charge on any atom is -0.507 e. The molecule has 2 aromatic rings. The molecule has 1 heterocycles. The van der Waals surface area contributed by atoms with Gasteiger partial charge in [-0.25, -0.2) is 9.18 Å². The molecule has 0 saturated carbocycles. The van der Waals surface area contributed by atoms with E-state index in [9.17, 15) is 46.6 Å². The first kappa shape index (κ1) is 34.5. The number of hydrogen-bond donors (Lipinski definition) is 6. The van der Waals surface area contributed by atoms with Gasteiger partial charge in [-0.1, -0.05) is 18.2 Å². The van der Waals surface area contributed by atoms with Gasteiger partial charge in [0.2, 0.25) is 11.8 Å². The van der Waals surface area contributed by atoms with Crippen molar-refractivity contribution in [2.45, 2.75) is 56.2 Å². The van der Waals surface area contributed by atoms with Crippen molar-refractivity contribution in [3.63, 3.8) is 0 Å². The van der Waals surface area contributed by atoms with E-state index in [0.717, 1.165) is 6.07 Å². The Balaban J connectivity index is 1.56. The Hall–Kier alpha value is -4.02. The van der Waals surface area contributed by atoms with Crippen LogP contribution in [0.25, 0.3) is 0 Å². The van der Waals surface area contributed by atoms with Crippen molar-refractivity contribution in [1.82, 2.24) is 15.4 Å². The molecular formula is C28H34F3N3O9S. The summed E-state index contributed by atoms with van der Waals surface area (Å²) in [5.41, 5.74) is -0.105. The van der Waals surface area contributed by atoms with Gasteiger partial charge >= 0.3 is 11.9 Å². The van der Waals surface area contributed by atoms with Crippen LogP contribution in [0.15, 0.2) is 36.4 Å². The molecule has 1 aliphatic heterocycles. The van der Waals surface area contributed by atoms with E-state index in [2.05, 4.69) is 10.1 Å². The van der Waals surface area contributed by atoms with Crippen molar-refractivity contribution < 1.29 is 56.0 Å². The number of esters is 1. The molecule has 3 amide bonds. The average molecular weight is 646 g/mol. The third-order valence-electron chi connectivity index (χ3n) is 6.68. The highest BCUT2D eigenvalue weighted by atomic mass is 32.3. The summed E-state index contributed by atoms with van der Waals surface area (Å²) in [4.78, 5) is 48.3. The van der Waals surface area contributed by atoms with Crippen LogP contribution in [0.4, 0.5) is 13.2 Å². The summed E-state index contributed by atoms with van der Waals surface area (Å²) in [6, 6.07) is 6.36. The fourth-order valence-corrected chi connectivity index (χ4v) is 5.90. The van der Waals surface area contributed by atoms with Gasteiger partial charge in [0.1, 0.15) is 34.2 Å². The van der Waals surface area contributed by atoms with E-state index in [-0.39, 0.29) is 54.2 Å². The van der Waals surface area contributed by atoms with Crippen molar-refractivity contribution in [3.8, 4) is 11.5 Å². The number of unbranched alkanes of at least 4 members (excludes halogenated alkanes) is 2. The molecule has 44 heavy (non-hydrogen) atoms. The van der Waals surface area contributed by atoms with E-state index in [1.165, 1.54) is 37.4 Å². The number of aromatic hydroxyl groups is 1. The number of rotatable bonds is 14. The summed E-state index contributed by atoms with van der Waals surface area (Å²) in [5.74, 6) is -8.74. The zero-order chi connectivity index (χ0) is 32.7. The first-order valence-corrected chi connectivity index (χ1v) is 15.1. The largest absolute Gasteiger partial charge is 0.507 e. The Kier molecular flexibility index (Phi) is 11.5. The molecule has 12 nitrogen and oxygen atoms in total. The van der Waals surface area contributed by atoms with Crippen LogP contribution in [-0.4, -0.2) is 70.1 Å². The molecule has 0 spiro atoms. The summed E-state index contributed by atoms with van der Waals surface area (Å²) < 4.78 is 74.5. The van der Waals surface area contributed by atoms with Crippen LogP contribution in [-0.2, 0) is 25.5 Å². The van der Waals surface area contributed by atoms with Crippen LogP contribution >= 0.6 is 10.8 Å². The lowest BCUT2D eigenvalue weighted by Gasteiger charge is -2.33. The molecule has 0 radical (unpaired) electrons. The van der Waals surface area contributed by atoms with Gasteiger partial charge in [0.05, 0.1) is 20.1 Å². The normalized spacial score (nSPS) is 17.2. The fraction of sp³-hybridized carbons (Fsp3) is 0.429. The topological polar surface area (TPSA) is 184 Å². The first-order chi connectivity index (χ1) is 20.6. The second-order valence-electron chi connectivity index (χ2n) is 10.1. The van der Waals surface area contributed by atoms with Crippen LogP contribution < -0.4 is 20.1 Å². The molecule has 1 saturated heterocycles. The van der Waals surface area contributed by atoms with Crippen molar-refractivity contribution >= 4 is 34.5 Å². The monoisotopic (exact) mass is 645 g/mol. The van der Waals surface area contributed by atoms with Gasteiger partial charge in [0, 0.05) is 25.5 Å². The Morgan fingerprint density at radius 3 is 2.50 bits per heavy atom. The summed E-state index contributed by atoms with van der Waals surface area (Å²) in [6.07, 6.45) is 0.770. The minimum atomic E-state index is -3.78. The van der Waals surface area contributed by atoms with Crippen LogP contribution in [0.1, 0.15) is 59.3 Å². The molecular weight excluding hydrogens is 611 g/mol. The lowest BCUT2D eigenvalue weighted by atomic mass is 10.0. The summed E-state index contributed by atoms with van der Waals surface area (Å²) in [7, 11) is -2.45. The number of alkyl halides is 2. The molecule has 0 aliphatic carbocycles. The SMILES string of the molecule is COC(=O)c1c(O)cccc1OCCCCCNC(=O)[C@H](Cc1ccc(C2CC(=O)NS2(O)O)c(F)c1)NC(=O)C(C)(F)F. The highest BCUT2D eigenvalue weighted by Crippen LogP contribution is 2.56. The molecule has 16 heteroatoms. The Labute approximate surface area is 252 Å². The van der Waals surface area contributed by atoms with Gasteiger partial charge in [-0.2, -0.15) is 8.78 Å². The molecule has 0 bridgehead atoms. The van der Waals surface area contributed by atoms with Gasteiger partial charge in [-0.3, -0.25) is 28.2 Å². The zero-order valence-electron chi connectivity index (χ0n) is 23.9. The van der Waals surface area contributed by atoms with E-state index in [0.29, 0.717) is 26.2 Å². The third-order valence-corrected chi connectivity index (χ3v) is 8.42. The summed E-state index contributed by atoms with van der Waals surface area (Å²) in [5, 5.41) is 13.2. The van der Waals surface area contributed by atoms with E-state index in [1.54, 1.807) is 0 Å². The number of methoxy groups -OCH3 is 1. The maximum Gasteiger partial charge on any atom is 0.345 e. The zero-order valence-corrected chi connectivity index (χ0v) is 24.7. The maximum atomic E-state index is 14.9. The Morgan fingerprint density at radius 1 is 1.16 bits per heavy atom. The van der Waals surface area contributed by atoms with Gasteiger partial charge in [-0.05, 0) is 43.0 Å². The number of halogens is 3. The standard InChI is InChI=1S/C28H34F3N3O9S/c1-28(30,31)27(39)33-19(14-16-9-10-17(18(29)13-16)22-15-23(36)34-44(22,40)41)25(37)32-11-4-3-5-12-43-21-8-6-7-20(35)24(21)26(38)42-2/h6-10,13,19,22,35,40-41H,3-5,11-12,14-15H2,1-2H3,(H,32,37)(H,33,39)(H,34,36)/t19-,22?/m0/s1. The highest BCUT2D eigenvalue weighted by Gasteiger charge is 2.40. The van der Waals surface area contributed by atoms with Gasteiger partial charge in [0.15, 0.2) is 0 Å². The van der Waals surface area contributed by atoms with Crippen LogP contribution in [0.3, 0.4) is 0 Å². The van der Waals surface area contributed by atoms with E-state index >= 15 is 0 Å². The van der Waals surface area contributed by atoms with E-state index < -0.39 is 57.5 Å². The van der Waals surface area contributed by atoms with E-state index in [1.807, 2.05) is 10.0 Å². The highest BCUT2D eigenvalue weighted by molar-refractivity contribution is 8.23. The number of phenolic OH excluding ortho intramolecular Hbond substituents is 1.